The van der Waals surface area contributed by atoms with Crippen LogP contribution < -0.4 is 10.6 Å². The summed E-state index contributed by atoms with van der Waals surface area (Å²) in [5.41, 5.74) is 1.20. The van der Waals surface area contributed by atoms with Gasteiger partial charge in [-0.05, 0) is 45.4 Å². The summed E-state index contributed by atoms with van der Waals surface area (Å²) in [4.78, 5) is 0.365. The molecule has 20 heavy (non-hydrogen) atoms. The van der Waals surface area contributed by atoms with Gasteiger partial charge in [0.2, 0.25) is 0 Å². The molecule has 0 aliphatic carbocycles. The van der Waals surface area contributed by atoms with E-state index in [0.717, 1.165) is 18.7 Å². The average molecular weight is 298 g/mol. The van der Waals surface area contributed by atoms with Crippen LogP contribution in [0.1, 0.15) is 33.3 Å². The van der Waals surface area contributed by atoms with Crippen molar-refractivity contribution in [2.45, 2.75) is 50.7 Å². The Bertz CT molecular complexity index is 516. The van der Waals surface area contributed by atoms with E-state index in [9.17, 15) is 8.42 Å². The largest absolute Gasteiger partial charge is 0.311 e. The highest BCUT2D eigenvalue weighted by Crippen LogP contribution is 2.10. The van der Waals surface area contributed by atoms with E-state index >= 15 is 0 Å². The van der Waals surface area contributed by atoms with Crippen LogP contribution in [0.15, 0.2) is 29.2 Å². The van der Waals surface area contributed by atoms with Crippen LogP contribution in [0.5, 0.6) is 0 Å². The van der Waals surface area contributed by atoms with E-state index in [1.54, 1.807) is 12.1 Å². The molecule has 1 atom stereocenters. The molecule has 4 nitrogen and oxygen atoms in total. The summed E-state index contributed by atoms with van der Waals surface area (Å²) in [5, 5.41) is 6.86. The van der Waals surface area contributed by atoms with E-state index in [-0.39, 0.29) is 5.54 Å². The third-order valence-corrected chi connectivity index (χ3v) is 4.07. The molecule has 0 aromatic heterocycles. The van der Waals surface area contributed by atoms with E-state index in [4.69, 9.17) is 0 Å². The highest BCUT2D eigenvalue weighted by atomic mass is 32.2. The summed E-state index contributed by atoms with van der Waals surface area (Å²) < 4.78 is 22.7. The van der Waals surface area contributed by atoms with Gasteiger partial charge in [-0.2, -0.15) is 0 Å². The molecule has 0 saturated carbocycles. The second-order valence-corrected chi connectivity index (χ2v) is 8.34. The second-order valence-electron chi connectivity index (χ2n) is 6.33. The van der Waals surface area contributed by atoms with E-state index < -0.39 is 9.84 Å². The first-order chi connectivity index (χ1) is 9.08. The molecular weight excluding hydrogens is 272 g/mol. The predicted molar refractivity (Wildman–Crippen MR) is 83.6 cm³/mol. The van der Waals surface area contributed by atoms with Gasteiger partial charge in [-0.3, -0.25) is 0 Å². The first-order valence-electron chi connectivity index (χ1n) is 6.85. The molecule has 0 bridgehead atoms. The van der Waals surface area contributed by atoms with Gasteiger partial charge in [-0.25, -0.2) is 8.42 Å². The van der Waals surface area contributed by atoms with Crippen molar-refractivity contribution >= 4 is 9.84 Å². The Morgan fingerprint density at radius 1 is 1.15 bits per heavy atom. The maximum atomic E-state index is 11.4. The number of hydrogen-bond acceptors (Lipinski definition) is 4. The van der Waals surface area contributed by atoms with Gasteiger partial charge in [0.15, 0.2) is 9.84 Å². The minimum absolute atomic E-state index is 0.118. The lowest BCUT2D eigenvalue weighted by Crippen LogP contribution is -2.44. The topological polar surface area (TPSA) is 58.2 Å². The van der Waals surface area contributed by atoms with Crippen LogP contribution >= 0.6 is 0 Å². The molecule has 0 saturated heterocycles. The van der Waals surface area contributed by atoms with Crippen LogP contribution in [0.3, 0.4) is 0 Å². The Hall–Kier alpha value is -0.910. The molecule has 0 aliphatic rings. The van der Waals surface area contributed by atoms with Gasteiger partial charge in [0.05, 0.1) is 4.90 Å². The van der Waals surface area contributed by atoms with Gasteiger partial charge < -0.3 is 10.6 Å². The zero-order valence-electron chi connectivity index (χ0n) is 13.0. The average Bonchev–Trinajstić information content (AvgIpc) is 2.32. The fraction of sp³-hybridized carbons (Fsp3) is 0.600. The number of benzene rings is 1. The Morgan fingerprint density at radius 2 is 1.70 bits per heavy atom. The molecule has 0 amide bonds. The fourth-order valence-corrected chi connectivity index (χ4v) is 2.31. The van der Waals surface area contributed by atoms with Crippen LogP contribution in [-0.2, 0) is 16.4 Å². The van der Waals surface area contributed by atoms with Crippen molar-refractivity contribution in [2.75, 3.05) is 12.8 Å². The van der Waals surface area contributed by atoms with Crippen molar-refractivity contribution in [3.8, 4) is 0 Å². The molecule has 0 fully saturated rings. The molecule has 1 aromatic rings. The van der Waals surface area contributed by atoms with E-state index in [0.29, 0.717) is 10.9 Å². The lowest BCUT2D eigenvalue weighted by atomic mass is 10.1. The lowest BCUT2D eigenvalue weighted by molar-refractivity contribution is 0.387. The van der Waals surface area contributed by atoms with Crippen molar-refractivity contribution in [2.24, 2.45) is 0 Å². The quantitative estimate of drug-likeness (QED) is 0.843. The van der Waals surface area contributed by atoms with Crippen LogP contribution in [0, 0.1) is 0 Å². The molecule has 0 radical (unpaired) electrons. The van der Waals surface area contributed by atoms with Crippen LogP contribution in [0.25, 0.3) is 0 Å². The van der Waals surface area contributed by atoms with Gasteiger partial charge in [0.1, 0.15) is 0 Å². The van der Waals surface area contributed by atoms with Gasteiger partial charge in [0.25, 0.3) is 0 Å². The SMILES string of the molecule is CC(CNC(C)(C)C)NCc1ccc(S(C)(=O)=O)cc1. The molecule has 1 aromatic carbocycles. The van der Waals surface area contributed by atoms with Crippen molar-refractivity contribution in [1.29, 1.82) is 0 Å². The summed E-state index contributed by atoms with van der Waals surface area (Å²) in [6, 6.07) is 7.37. The standard InChI is InChI=1S/C15H26N2O2S/c1-12(10-17-15(2,3)4)16-11-13-6-8-14(9-7-13)20(5,18)19/h6-9,12,16-17H,10-11H2,1-5H3. The predicted octanol–water partition coefficient (Wildman–Crippen LogP) is 1.96. The molecule has 0 aliphatic heterocycles. The summed E-state index contributed by atoms with van der Waals surface area (Å²) in [6.45, 7) is 10.2. The maximum absolute atomic E-state index is 11.4. The minimum Gasteiger partial charge on any atom is -0.311 e. The zero-order chi connectivity index (χ0) is 15.4. The third-order valence-electron chi connectivity index (χ3n) is 2.94. The van der Waals surface area contributed by atoms with E-state index in [1.165, 1.54) is 6.26 Å². The summed E-state index contributed by atoms with van der Waals surface area (Å²) in [7, 11) is -3.11. The Labute approximate surface area is 122 Å². The summed E-state index contributed by atoms with van der Waals surface area (Å²) in [6.07, 6.45) is 1.22. The number of nitrogens with one attached hydrogen (secondary N) is 2. The number of hydrogen-bond donors (Lipinski definition) is 2. The van der Waals surface area contributed by atoms with Crippen LogP contribution in [-0.4, -0.2) is 32.8 Å². The molecule has 1 rings (SSSR count). The normalized spacial score (nSPS) is 14.2. The molecule has 114 valence electrons. The Balaban J connectivity index is 2.46. The van der Waals surface area contributed by atoms with Crippen molar-refractivity contribution in [3.05, 3.63) is 29.8 Å². The molecule has 0 heterocycles. The zero-order valence-corrected chi connectivity index (χ0v) is 13.8. The fourth-order valence-electron chi connectivity index (χ4n) is 1.68. The number of rotatable bonds is 6. The molecule has 5 heteroatoms. The van der Waals surface area contributed by atoms with Crippen molar-refractivity contribution in [3.63, 3.8) is 0 Å². The summed E-state index contributed by atoms with van der Waals surface area (Å²) >= 11 is 0. The van der Waals surface area contributed by atoms with E-state index in [2.05, 4.69) is 38.3 Å². The highest BCUT2D eigenvalue weighted by Gasteiger charge is 2.11. The Morgan fingerprint density at radius 3 is 2.15 bits per heavy atom. The smallest absolute Gasteiger partial charge is 0.175 e. The van der Waals surface area contributed by atoms with Gasteiger partial charge in [-0.1, -0.05) is 12.1 Å². The van der Waals surface area contributed by atoms with E-state index in [1.807, 2.05) is 12.1 Å². The molecule has 0 spiro atoms. The van der Waals surface area contributed by atoms with Crippen LogP contribution in [0.4, 0.5) is 0 Å². The second kappa shape index (κ2) is 6.70. The molecule has 2 N–H and O–H groups in total. The van der Waals surface area contributed by atoms with Gasteiger partial charge in [-0.15, -0.1) is 0 Å². The van der Waals surface area contributed by atoms with Gasteiger partial charge >= 0.3 is 0 Å². The third kappa shape index (κ3) is 6.50. The summed E-state index contributed by atoms with van der Waals surface area (Å²) in [5.74, 6) is 0. The lowest BCUT2D eigenvalue weighted by Gasteiger charge is -2.24. The highest BCUT2D eigenvalue weighted by molar-refractivity contribution is 7.90. The van der Waals surface area contributed by atoms with Crippen molar-refractivity contribution < 1.29 is 8.42 Å². The first kappa shape index (κ1) is 17.1. The van der Waals surface area contributed by atoms with Crippen molar-refractivity contribution in [1.82, 2.24) is 10.6 Å². The molecular formula is C15H26N2O2S. The monoisotopic (exact) mass is 298 g/mol. The first-order valence-corrected chi connectivity index (χ1v) is 8.74. The van der Waals surface area contributed by atoms with Crippen LogP contribution in [0.2, 0.25) is 0 Å². The maximum Gasteiger partial charge on any atom is 0.175 e. The minimum atomic E-state index is -3.11. The molecule has 1 unspecified atom stereocenters. The Kier molecular flexibility index (Phi) is 5.74. The van der Waals surface area contributed by atoms with Gasteiger partial charge in [0, 0.05) is 30.9 Å². The number of sulfone groups is 1.